The summed E-state index contributed by atoms with van der Waals surface area (Å²) in [6.45, 7) is 2.43. The average Bonchev–Trinajstić information content (AvgIpc) is 3.18. The van der Waals surface area contributed by atoms with Gasteiger partial charge in [0.15, 0.2) is 5.13 Å². The van der Waals surface area contributed by atoms with Gasteiger partial charge in [-0.1, -0.05) is 35.6 Å². The molecule has 1 aromatic heterocycles. The summed E-state index contributed by atoms with van der Waals surface area (Å²) in [4.78, 5) is 30.9. The van der Waals surface area contributed by atoms with E-state index in [0.717, 1.165) is 21.5 Å². The third kappa shape index (κ3) is 3.13. The Balaban J connectivity index is 1.48. The van der Waals surface area contributed by atoms with Crippen molar-refractivity contribution in [2.75, 3.05) is 16.8 Å². The van der Waals surface area contributed by atoms with Crippen molar-refractivity contribution in [1.82, 2.24) is 4.98 Å². The molecule has 2 amide bonds. The van der Waals surface area contributed by atoms with Gasteiger partial charge in [0.2, 0.25) is 11.8 Å². The van der Waals surface area contributed by atoms with Gasteiger partial charge in [-0.3, -0.25) is 9.59 Å². The summed E-state index contributed by atoms with van der Waals surface area (Å²) in [5.41, 5.74) is 2.87. The second-order valence-corrected chi connectivity index (χ2v) is 7.25. The van der Waals surface area contributed by atoms with Crippen LogP contribution in [0.2, 0.25) is 0 Å². The first-order chi connectivity index (χ1) is 12.1. The van der Waals surface area contributed by atoms with E-state index in [-0.39, 0.29) is 24.2 Å². The Kier molecular flexibility index (Phi) is 3.97. The molecule has 0 saturated carbocycles. The molecule has 1 aliphatic heterocycles. The number of nitrogens with zero attached hydrogens (tertiary/aromatic N) is 2. The van der Waals surface area contributed by atoms with Crippen LogP contribution in [0.5, 0.6) is 0 Å². The lowest BCUT2D eigenvalue weighted by Crippen LogP contribution is -2.28. The van der Waals surface area contributed by atoms with Gasteiger partial charge in [0.05, 0.1) is 16.1 Å². The summed E-state index contributed by atoms with van der Waals surface area (Å²) >= 11 is 1.45. The quantitative estimate of drug-likeness (QED) is 0.784. The van der Waals surface area contributed by atoms with E-state index >= 15 is 0 Å². The summed E-state index contributed by atoms with van der Waals surface area (Å²) in [5.74, 6) is -0.532. The number of hydrogen-bond acceptors (Lipinski definition) is 4. The topological polar surface area (TPSA) is 62.3 Å². The number of amides is 2. The lowest BCUT2D eigenvalue weighted by molar-refractivity contribution is -0.122. The monoisotopic (exact) mass is 351 g/mol. The maximum Gasteiger partial charge on any atom is 0.231 e. The number of para-hydroxylation sites is 1. The van der Waals surface area contributed by atoms with Gasteiger partial charge in [-0.05, 0) is 36.8 Å². The molecule has 0 bridgehead atoms. The van der Waals surface area contributed by atoms with Crippen LogP contribution in [-0.2, 0) is 9.59 Å². The molecular weight excluding hydrogens is 334 g/mol. The van der Waals surface area contributed by atoms with Gasteiger partial charge in [0, 0.05) is 18.7 Å². The van der Waals surface area contributed by atoms with E-state index in [1.54, 1.807) is 4.90 Å². The number of benzene rings is 2. The fraction of sp³-hybridized carbons (Fsp3) is 0.211. The first-order valence-electron chi connectivity index (χ1n) is 8.13. The molecule has 4 rings (SSSR count). The van der Waals surface area contributed by atoms with Crippen molar-refractivity contribution in [2.45, 2.75) is 13.3 Å². The van der Waals surface area contributed by atoms with E-state index in [4.69, 9.17) is 0 Å². The van der Waals surface area contributed by atoms with Gasteiger partial charge < -0.3 is 10.2 Å². The van der Waals surface area contributed by atoms with Crippen LogP contribution >= 0.6 is 11.3 Å². The lowest BCUT2D eigenvalue weighted by atomic mass is 10.1. The van der Waals surface area contributed by atoms with Gasteiger partial charge in [0.1, 0.15) is 0 Å². The van der Waals surface area contributed by atoms with Crippen LogP contribution in [0.15, 0.2) is 48.5 Å². The smallest absolute Gasteiger partial charge is 0.231 e. The highest BCUT2D eigenvalue weighted by atomic mass is 32.1. The molecule has 126 valence electrons. The minimum Gasteiger partial charge on any atom is -0.312 e. The number of carbonyl (C=O) groups is 2. The van der Waals surface area contributed by atoms with E-state index in [2.05, 4.69) is 16.4 Å². The predicted molar refractivity (Wildman–Crippen MR) is 99.9 cm³/mol. The Bertz CT molecular complexity index is 952. The number of aryl methyl sites for hydroxylation is 1. The standard InChI is InChI=1S/C19H17N3O2S/c1-12-7-8-15-16(9-12)25-19(20-15)21-18(24)13-10-17(23)22(11-13)14-5-3-2-4-6-14/h2-9,13H,10-11H2,1H3,(H,20,21,24). The van der Waals surface area contributed by atoms with Crippen LogP contribution in [0.4, 0.5) is 10.8 Å². The number of thiazole rings is 1. The van der Waals surface area contributed by atoms with Crippen LogP contribution < -0.4 is 10.2 Å². The predicted octanol–water partition coefficient (Wildman–Crippen LogP) is 3.60. The molecule has 1 atom stereocenters. The highest BCUT2D eigenvalue weighted by Crippen LogP contribution is 2.29. The molecule has 1 N–H and O–H groups in total. The molecule has 0 radical (unpaired) electrons. The Morgan fingerprint density at radius 1 is 1.24 bits per heavy atom. The average molecular weight is 351 g/mol. The van der Waals surface area contributed by atoms with Crippen LogP contribution in [0.3, 0.4) is 0 Å². The number of rotatable bonds is 3. The summed E-state index contributed by atoms with van der Waals surface area (Å²) in [7, 11) is 0. The van der Waals surface area contributed by atoms with Crippen LogP contribution in [0.25, 0.3) is 10.2 Å². The number of carbonyl (C=O) groups excluding carboxylic acids is 2. The Labute approximate surface area is 149 Å². The van der Waals surface area contributed by atoms with Crippen LogP contribution in [0.1, 0.15) is 12.0 Å². The van der Waals surface area contributed by atoms with Crippen molar-refractivity contribution < 1.29 is 9.59 Å². The van der Waals surface area contributed by atoms with E-state index < -0.39 is 0 Å². The molecule has 0 aliphatic carbocycles. The molecule has 2 heterocycles. The van der Waals surface area contributed by atoms with Crippen molar-refractivity contribution in [1.29, 1.82) is 0 Å². The molecule has 1 fully saturated rings. The van der Waals surface area contributed by atoms with E-state index in [1.807, 2.05) is 49.4 Å². The number of anilines is 2. The molecular formula is C19H17N3O2S. The molecule has 1 saturated heterocycles. The largest absolute Gasteiger partial charge is 0.312 e. The molecule has 5 nitrogen and oxygen atoms in total. The van der Waals surface area contributed by atoms with Crippen molar-refractivity contribution in [2.24, 2.45) is 5.92 Å². The molecule has 3 aromatic rings. The van der Waals surface area contributed by atoms with Crippen molar-refractivity contribution >= 4 is 44.2 Å². The van der Waals surface area contributed by atoms with E-state index in [1.165, 1.54) is 11.3 Å². The molecule has 1 aliphatic rings. The van der Waals surface area contributed by atoms with Gasteiger partial charge >= 0.3 is 0 Å². The summed E-state index contributed by atoms with van der Waals surface area (Å²) in [6.07, 6.45) is 0.227. The molecule has 6 heteroatoms. The molecule has 25 heavy (non-hydrogen) atoms. The zero-order valence-corrected chi connectivity index (χ0v) is 14.5. The summed E-state index contributed by atoms with van der Waals surface area (Å²) in [5, 5.41) is 3.45. The van der Waals surface area contributed by atoms with Crippen LogP contribution in [0, 0.1) is 12.8 Å². The minimum absolute atomic E-state index is 0.0220. The first-order valence-corrected chi connectivity index (χ1v) is 8.95. The third-order valence-electron chi connectivity index (χ3n) is 4.34. The number of hydrogen-bond donors (Lipinski definition) is 1. The van der Waals surface area contributed by atoms with Crippen molar-refractivity contribution in [3.63, 3.8) is 0 Å². The molecule has 2 aromatic carbocycles. The zero-order chi connectivity index (χ0) is 17.4. The fourth-order valence-corrected chi connectivity index (χ4v) is 4.00. The number of nitrogens with one attached hydrogen (secondary N) is 1. The Morgan fingerprint density at radius 3 is 2.84 bits per heavy atom. The number of fused-ring (bicyclic) bond motifs is 1. The number of aromatic nitrogens is 1. The van der Waals surface area contributed by atoms with Crippen molar-refractivity contribution in [3.05, 3.63) is 54.1 Å². The SMILES string of the molecule is Cc1ccc2nc(NC(=O)C3CC(=O)N(c4ccccc4)C3)sc2c1. The van der Waals surface area contributed by atoms with Gasteiger partial charge in [-0.2, -0.15) is 0 Å². The molecule has 1 unspecified atom stereocenters. The van der Waals surface area contributed by atoms with E-state index in [9.17, 15) is 9.59 Å². The van der Waals surface area contributed by atoms with E-state index in [0.29, 0.717) is 11.7 Å². The van der Waals surface area contributed by atoms with Crippen molar-refractivity contribution in [3.8, 4) is 0 Å². The maximum absolute atomic E-state index is 12.6. The summed E-state index contributed by atoms with van der Waals surface area (Å²) < 4.78 is 1.05. The third-order valence-corrected chi connectivity index (χ3v) is 5.27. The Morgan fingerprint density at radius 2 is 2.04 bits per heavy atom. The summed E-state index contributed by atoms with van der Waals surface area (Å²) in [6, 6.07) is 15.5. The minimum atomic E-state index is -0.360. The first kappa shape index (κ1) is 15.8. The lowest BCUT2D eigenvalue weighted by Gasteiger charge is -2.16. The highest BCUT2D eigenvalue weighted by Gasteiger charge is 2.35. The van der Waals surface area contributed by atoms with Gasteiger partial charge in [-0.15, -0.1) is 0 Å². The second kappa shape index (κ2) is 6.29. The normalized spacial score (nSPS) is 17.2. The zero-order valence-electron chi connectivity index (χ0n) is 13.7. The van der Waals surface area contributed by atoms with Gasteiger partial charge in [0.25, 0.3) is 0 Å². The Hall–Kier alpha value is -2.73. The molecule has 0 spiro atoms. The van der Waals surface area contributed by atoms with Gasteiger partial charge in [-0.25, -0.2) is 4.98 Å². The second-order valence-electron chi connectivity index (χ2n) is 6.22. The van der Waals surface area contributed by atoms with Crippen LogP contribution in [-0.4, -0.2) is 23.3 Å². The maximum atomic E-state index is 12.6. The highest BCUT2D eigenvalue weighted by molar-refractivity contribution is 7.22. The fourth-order valence-electron chi connectivity index (χ4n) is 3.03.